The molecule has 0 aliphatic heterocycles. The van der Waals surface area contributed by atoms with Gasteiger partial charge in [-0.25, -0.2) is 0 Å². The molecule has 0 atom stereocenters. The summed E-state index contributed by atoms with van der Waals surface area (Å²) in [7, 11) is 0.795. The molecule has 4 heteroatoms. The zero-order valence-electron chi connectivity index (χ0n) is 9.57. The number of hydrogen-bond donors (Lipinski definition) is 2. The summed E-state index contributed by atoms with van der Waals surface area (Å²) in [6.45, 7) is 6.39. The van der Waals surface area contributed by atoms with E-state index in [1.165, 1.54) is 0 Å². The lowest BCUT2D eigenvalue weighted by molar-refractivity contribution is 0.425. The normalized spacial score (nSPS) is 11.3. The van der Waals surface area contributed by atoms with E-state index in [9.17, 15) is 10.0 Å². The minimum atomic E-state index is -1.38. The third kappa shape index (κ3) is 4.10. The molecule has 1 aromatic carbocycles. The molecule has 0 fully saturated rings. The Morgan fingerprint density at radius 1 is 1.20 bits per heavy atom. The van der Waals surface area contributed by atoms with Gasteiger partial charge in [0.25, 0.3) is 0 Å². The molecule has 0 saturated heterocycles. The maximum Gasteiger partial charge on any atom is 0.488 e. The largest absolute Gasteiger partial charge is 0.488 e. The number of hydrogen-bond acceptors (Lipinski definition) is 2. The maximum absolute atomic E-state index is 9.18. The van der Waals surface area contributed by atoms with Gasteiger partial charge >= 0.3 is 7.12 Å². The fourth-order valence-corrected chi connectivity index (χ4v) is 1.39. The molecule has 2 N–H and O–H groups in total. The molecule has 1 aromatic rings. The minimum absolute atomic E-state index is 0.146. The maximum atomic E-state index is 9.18. The summed E-state index contributed by atoms with van der Waals surface area (Å²) in [6.07, 6.45) is 0.761. The topological polar surface area (TPSA) is 40.5 Å². The van der Waals surface area contributed by atoms with Crippen LogP contribution in [0.5, 0.6) is 0 Å². The highest BCUT2D eigenvalue weighted by Gasteiger charge is 2.17. The van der Waals surface area contributed by atoms with E-state index in [0.717, 1.165) is 11.9 Å². The Labute approximate surface area is 92.7 Å². The van der Waals surface area contributed by atoms with Crippen LogP contribution in [0.4, 0.5) is 0 Å². The predicted octanol–water partition coefficient (Wildman–Crippen LogP) is 0.789. The Kier molecular flexibility index (Phi) is 4.00. The highest BCUT2D eigenvalue weighted by atomic mass is 16.4. The van der Waals surface area contributed by atoms with Gasteiger partial charge in [-0.15, -0.1) is 0 Å². The fourth-order valence-electron chi connectivity index (χ4n) is 1.39. The predicted molar refractivity (Wildman–Crippen MR) is 65.4 cm³/mol. The quantitative estimate of drug-likeness (QED) is 0.712. The van der Waals surface area contributed by atoms with Crippen molar-refractivity contribution < 1.29 is 10.0 Å². The van der Waals surface area contributed by atoms with E-state index in [4.69, 9.17) is 0 Å². The molecule has 1 rings (SSSR count). The first-order valence-corrected chi connectivity index (χ1v) is 5.18. The van der Waals surface area contributed by atoms with Crippen LogP contribution >= 0.6 is 0 Å². The number of benzene rings is 1. The van der Waals surface area contributed by atoms with Crippen molar-refractivity contribution in [2.24, 2.45) is 0 Å². The molecule has 2 nitrogen and oxygen atoms in total. The molecular formula is C11H17B2O2. The van der Waals surface area contributed by atoms with Crippen LogP contribution in [0.3, 0.4) is 0 Å². The van der Waals surface area contributed by atoms with E-state index < -0.39 is 7.12 Å². The molecule has 0 bridgehead atoms. The first-order chi connectivity index (χ1) is 6.90. The zero-order chi connectivity index (χ0) is 11.5. The average Bonchev–Trinajstić information content (AvgIpc) is 2.14. The summed E-state index contributed by atoms with van der Waals surface area (Å²) in [4.78, 5) is 0. The van der Waals surface area contributed by atoms with Gasteiger partial charge in [0, 0.05) is 0 Å². The molecule has 0 aromatic heterocycles. The average molecular weight is 203 g/mol. The van der Waals surface area contributed by atoms with Crippen molar-refractivity contribution in [1.29, 1.82) is 0 Å². The lowest BCUT2D eigenvalue weighted by atomic mass is 9.51. The van der Waals surface area contributed by atoms with E-state index in [-0.39, 0.29) is 5.31 Å². The van der Waals surface area contributed by atoms with Gasteiger partial charge in [0.05, 0.1) is 0 Å². The summed E-state index contributed by atoms with van der Waals surface area (Å²) in [6, 6.07) is 7.40. The van der Waals surface area contributed by atoms with Crippen molar-refractivity contribution in [1.82, 2.24) is 0 Å². The first kappa shape index (κ1) is 12.3. The van der Waals surface area contributed by atoms with Gasteiger partial charge in [0.2, 0.25) is 0 Å². The second kappa shape index (κ2) is 4.86. The molecule has 0 aliphatic carbocycles. The Hall–Kier alpha value is -0.730. The van der Waals surface area contributed by atoms with Gasteiger partial charge in [-0.05, 0) is 5.46 Å². The lowest BCUT2D eigenvalue weighted by Crippen LogP contribution is -2.33. The van der Waals surface area contributed by atoms with E-state index >= 15 is 0 Å². The smallest absolute Gasteiger partial charge is 0.423 e. The molecule has 1 radical (unpaired) electrons. The van der Waals surface area contributed by atoms with Gasteiger partial charge in [-0.2, -0.15) is 0 Å². The van der Waals surface area contributed by atoms with Crippen LogP contribution in [-0.4, -0.2) is 24.4 Å². The lowest BCUT2D eigenvalue weighted by Gasteiger charge is -2.17. The second-order valence-electron chi connectivity index (χ2n) is 4.85. The van der Waals surface area contributed by atoms with Crippen molar-refractivity contribution >= 4 is 19.9 Å². The van der Waals surface area contributed by atoms with E-state index in [0.29, 0.717) is 5.46 Å². The summed E-state index contributed by atoms with van der Waals surface area (Å²) in [5.41, 5.74) is 1.57. The van der Waals surface area contributed by atoms with E-state index in [1.54, 1.807) is 6.07 Å². The van der Waals surface area contributed by atoms with Crippen LogP contribution in [0.15, 0.2) is 24.3 Å². The molecular weight excluding hydrogens is 186 g/mol. The van der Waals surface area contributed by atoms with Crippen molar-refractivity contribution in [2.75, 3.05) is 0 Å². The van der Waals surface area contributed by atoms with Gasteiger partial charge in [0.15, 0.2) is 0 Å². The monoisotopic (exact) mass is 203 g/mol. The third-order valence-corrected chi connectivity index (χ3v) is 2.27. The van der Waals surface area contributed by atoms with Crippen LogP contribution in [0, 0.1) is 0 Å². The summed E-state index contributed by atoms with van der Waals surface area (Å²) in [5.74, 6) is 0. The van der Waals surface area contributed by atoms with Crippen LogP contribution in [0.25, 0.3) is 0 Å². The van der Waals surface area contributed by atoms with Crippen molar-refractivity contribution in [3.8, 4) is 0 Å². The Morgan fingerprint density at radius 2 is 1.80 bits per heavy atom. The molecule has 0 unspecified atom stereocenters. The molecule has 0 saturated carbocycles. The summed E-state index contributed by atoms with van der Waals surface area (Å²) >= 11 is 0. The highest BCUT2D eigenvalue weighted by Crippen LogP contribution is 2.21. The highest BCUT2D eigenvalue weighted by molar-refractivity contribution is 6.59. The van der Waals surface area contributed by atoms with Gasteiger partial charge in [-0.3, -0.25) is 0 Å². The zero-order valence-corrected chi connectivity index (χ0v) is 9.57. The van der Waals surface area contributed by atoms with Gasteiger partial charge in [0.1, 0.15) is 7.28 Å². The van der Waals surface area contributed by atoms with Crippen molar-refractivity contribution in [3.05, 3.63) is 29.8 Å². The molecule has 15 heavy (non-hydrogen) atoms. The Balaban J connectivity index is 2.76. The molecule has 79 valence electrons. The molecule has 0 amide bonds. The summed E-state index contributed by atoms with van der Waals surface area (Å²) < 4.78 is 0. The fraction of sp³-hybridized carbons (Fsp3) is 0.455. The van der Waals surface area contributed by atoms with Crippen molar-refractivity contribution in [2.45, 2.75) is 32.4 Å². The third-order valence-electron chi connectivity index (χ3n) is 2.27. The van der Waals surface area contributed by atoms with E-state index in [2.05, 4.69) is 28.1 Å². The summed E-state index contributed by atoms with van der Waals surface area (Å²) in [5, 5.41) is 18.5. The molecule has 0 heterocycles. The number of rotatable bonds is 3. The SMILES string of the molecule is CC(C)(C)[B]Cc1ccccc1B(O)O. The standard InChI is InChI=1S/C11H17B2O2/c1-11(2,3)12-8-9-6-4-5-7-10(9)13(14)15/h4-7,14-15H,8H2,1-3H3. The van der Waals surface area contributed by atoms with Crippen LogP contribution < -0.4 is 5.46 Å². The van der Waals surface area contributed by atoms with Gasteiger partial charge in [-0.1, -0.05) is 62.2 Å². The molecule has 0 aliphatic rings. The second-order valence-corrected chi connectivity index (χ2v) is 4.85. The van der Waals surface area contributed by atoms with Crippen LogP contribution in [0.1, 0.15) is 26.3 Å². The van der Waals surface area contributed by atoms with Gasteiger partial charge < -0.3 is 10.0 Å². The Bertz CT molecular complexity index is 319. The Morgan fingerprint density at radius 3 is 2.33 bits per heavy atom. The minimum Gasteiger partial charge on any atom is -0.423 e. The van der Waals surface area contributed by atoms with Crippen LogP contribution in [-0.2, 0) is 6.32 Å². The first-order valence-electron chi connectivity index (χ1n) is 5.18. The van der Waals surface area contributed by atoms with Crippen LogP contribution in [0.2, 0.25) is 5.31 Å². The molecule has 0 spiro atoms. The van der Waals surface area contributed by atoms with E-state index in [1.807, 2.05) is 18.2 Å². The van der Waals surface area contributed by atoms with Crippen molar-refractivity contribution in [3.63, 3.8) is 0 Å².